The SMILES string of the molecule is Cc1ccc(NC(=O)CNCC2CCN(C)C2)cc1. The minimum atomic E-state index is 0.0233. The van der Waals surface area contributed by atoms with Crippen molar-refractivity contribution < 1.29 is 4.79 Å². The minimum Gasteiger partial charge on any atom is -0.325 e. The monoisotopic (exact) mass is 261 g/mol. The summed E-state index contributed by atoms with van der Waals surface area (Å²) in [6, 6.07) is 7.85. The van der Waals surface area contributed by atoms with E-state index in [1.54, 1.807) is 0 Å². The van der Waals surface area contributed by atoms with E-state index < -0.39 is 0 Å². The summed E-state index contributed by atoms with van der Waals surface area (Å²) in [4.78, 5) is 14.1. The highest BCUT2D eigenvalue weighted by Gasteiger charge is 2.18. The molecule has 1 aromatic carbocycles. The van der Waals surface area contributed by atoms with E-state index in [1.807, 2.05) is 31.2 Å². The lowest BCUT2D eigenvalue weighted by Crippen LogP contribution is -2.32. The molecule has 19 heavy (non-hydrogen) atoms. The fraction of sp³-hybridized carbons (Fsp3) is 0.533. The second-order valence-corrected chi connectivity index (χ2v) is 5.46. The second-order valence-electron chi connectivity index (χ2n) is 5.46. The van der Waals surface area contributed by atoms with E-state index in [2.05, 4.69) is 22.6 Å². The number of nitrogens with one attached hydrogen (secondary N) is 2. The van der Waals surface area contributed by atoms with Gasteiger partial charge in [-0.15, -0.1) is 0 Å². The van der Waals surface area contributed by atoms with Crippen LogP contribution >= 0.6 is 0 Å². The fourth-order valence-electron chi connectivity index (χ4n) is 2.42. The van der Waals surface area contributed by atoms with E-state index in [9.17, 15) is 4.79 Å². The highest BCUT2D eigenvalue weighted by molar-refractivity contribution is 5.92. The van der Waals surface area contributed by atoms with Crippen LogP contribution in [-0.4, -0.2) is 44.0 Å². The molecule has 1 aromatic rings. The molecule has 0 radical (unpaired) electrons. The van der Waals surface area contributed by atoms with Gasteiger partial charge in [0.25, 0.3) is 0 Å². The first-order chi connectivity index (χ1) is 9.13. The lowest BCUT2D eigenvalue weighted by molar-refractivity contribution is -0.115. The first-order valence-electron chi connectivity index (χ1n) is 6.89. The Morgan fingerprint density at radius 2 is 2.11 bits per heavy atom. The second kappa shape index (κ2) is 6.68. The van der Waals surface area contributed by atoms with Gasteiger partial charge in [0.1, 0.15) is 0 Å². The Labute approximate surface area is 115 Å². The molecule has 0 bridgehead atoms. The van der Waals surface area contributed by atoms with Crippen molar-refractivity contribution in [1.82, 2.24) is 10.2 Å². The van der Waals surface area contributed by atoms with E-state index in [4.69, 9.17) is 0 Å². The summed E-state index contributed by atoms with van der Waals surface area (Å²) in [5.41, 5.74) is 2.06. The summed E-state index contributed by atoms with van der Waals surface area (Å²) >= 11 is 0. The average molecular weight is 261 g/mol. The number of hydrogen-bond acceptors (Lipinski definition) is 3. The van der Waals surface area contributed by atoms with Crippen molar-refractivity contribution >= 4 is 11.6 Å². The molecule has 0 saturated carbocycles. The molecule has 1 aliphatic heterocycles. The van der Waals surface area contributed by atoms with Gasteiger partial charge in [0, 0.05) is 12.2 Å². The van der Waals surface area contributed by atoms with Gasteiger partial charge in [0.05, 0.1) is 6.54 Å². The maximum absolute atomic E-state index is 11.8. The molecule has 1 saturated heterocycles. The third kappa shape index (κ3) is 4.65. The number of carbonyl (C=O) groups excluding carboxylic acids is 1. The number of nitrogens with zero attached hydrogens (tertiary/aromatic N) is 1. The normalized spacial score (nSPS) is 19.6. The predicted molar refractivity (Wildman–Crippen MR) is 78.3 cm³/mol. The van der Waals surface area contributed by atoms with Crippen LogP contribution in [0.3, 0.4) is 0 Å². The van der Waals surface area contributed by atoms with Crippen LogP contribution in [0.1, 0.15) is 12.0 Å². The lowest BCUT2D eigenvalue weighted by atomic mass is 10.1. The quantitative estimate of drug-likeness (QED) is 0.844. The summed E-state index contributed by atoms with van der Waals surface area (Å²) in [6.45, 7) is 5.64. The molecule has 2 N–H and O–H groups in total. The number of aryl methyl sites for hydroxylation is 1. The molecule has 1 heterocycles. The summed E-state index contributed by atoms with van der Waals surface area (Å²) in [5.74, 6) is 0.701. The minimum absolute atomic E-state index is 0.0233. The molecule has 1 unspecified atom stereocenters. The largest absolute Gasteiger partial charge is 0.325 e. The van der Waals surface area contributed by atoms with Crippen LogP contribution < -0.4 is 10.6 Å². The standard InChI is InChI=1S/C15H23N3O/c1-12-3-5-14(6-4-12)17-15(19)10-16-9-13-7-8-18(2)11-13/h3-6,13,16H,7-11H2,1-2H3,(H,17,19). The Bertz CT molecular complexity index is 416. The van der Waals surface area contributed by atoms with Crippen molar-refractivity contribution in [3.8, 4) is 0 Å². The molecule has 1 fully saturated rings. The average Bonchev–Trinajstić information content (AvgIpc) is 2.78. The molecule has 1 amide bonds. The van der Waals surface area contributed by atoms with Gasteiger partial charge in [-0.05, 0) is 51.5 Å². The topological polar surface area (TPSA) is 44.4 Å². The molecule has 1 aliphatic rings. The van der Waals surface area contributed by atoms with E-state index >= 15 is 0 Å². The van der Waals surface area contributed by atoms with Crippen molar-refractivity contribution in [3.05, 3.63) is 29.8 Å². The van der Waals surface area contributed by atoms with Gasteiger partial charge in [0.15, 0.2) is 0 Å². The summed E-state index contributed by atoms with van der Waals surface area (Å²) in [6.07, 6.45) is 1.23. The van der Waals surface area contributed by atoms with Crippen molar-refractivity contribution in [1.29, 1.82) is 0 Å². The number of amides is 1. The van der Waals surface area contributed by atoms with E-state index in [1.165, 1.54) is 18.5 Å². The maximum Gasteiger partial charge on any atom is 0.238 e. The smallest absolute Gasteiger partial charge is 0.238 e. The van der Waals surface area contributed by atoms with Crippen LogP contribution in [-0.2, 0) is 4.79 Å². The molecule has 2 rings (SSSR count). The summed E-state index contributed by atoms with van der Waals surface area (Å²) in [7, 11) is 2.14. The van der Waals surface area contributed by atoms with Gasteiger partial charge < -0.3 is 15.5 Å². The zero-order valence-electron chi connectivity index (χ0n) is 11.8. The Balaban J connectivity index is 1.66. The highest BCUT2D eigenvalue weighted by Crippen LogP contribution is 2.12. The Hall–Kier alpha value is -1.39. The molecule has 4 nitrogen and oxygen atoms in total. The number of benzene rings is 1. The van der Waals surface area contributed by atoms with Crippen LogP contribution in [0.25, 0.3) is 0 Å². The first kappa shape index (κ1) is 14.0. The van der Waals surface area contributed by atoms with Gasteiger partial charge in [-0.3, -0.25) is 4.79 Å². The third-order valence-corrected chi connectivity index (χ3v) is 3.54. The van der Waals surface area contributed by atoms with Gasteiger partial charge in [-0.1, -0.05) is 17.7 Å². The van der Waals surface area contributed by atoms with Gasteiger partial charge in [0.2, 0.25) is 5.91 Å². The Morgan fingerprint density at radius 1 is 1.37 bits per heavy atom. The number of hydrogen-bond donors (Lipinski definition) is 2. The van der Waals surface area contributed by atoms with Crippen molar-refractivity contribution in [2.24, 2.45) is 5.92 Å². The summed E-state index contributed by atoms with van der Waals surface area (Å²) in [5, 5.41) is 6.13. The van der Waals surface area contributed by atoms with Crippen LogP contribution in [0.15, 0.2) is 24.3 Å². The Morgan fingerprint density at radius 3 is 2.74 bits per heavy atom. The van der Waals surface area contributed by atoms with Gasteiger partial charge in [-0.2, -0.15) is 0 Å². The zero-order chi connectivity index (χ0) is 13.7. The molecular formula is C15H23N3O. The molecule has 104 valence electrons. The molecule has 0 aromatic heterocycles. The van der Waals surface area contributed by atoms with Crippen molar-refractivity contribution in [2.45, 2.75) is 13.3 Å². The lowest BCUT2D eigenvalue weighted by Gasteiger charge is -2.11. The third-order valence-electron chi connectivity index (χ3n) is 3.54. The molecule has 0 spiro atoms. The van der Waals surface area contributed by atoms with Crippen LogP contribution in [0.5, 0.6) is 0 Å². The van der Waals surface area contributed by atoms with Crippen LogP contribution in [0.4, 0.5) is 5.69 Å². The molecular weight excluding hydrogens is 238 g/mol. The number of rotatable bonds is 5. The maximum atomic E-state index is 11.8. The van der Waals surface area contributed by atoms with E-state index in [0.717, 1.165) is 18.8 Å². The highest BCUT2D eigenvalue weighted by atomic mass is 16.1. The number of anilines is 1. The van der Waals surface area contributed by atoms with Gasteiger partial charge >= 0.3 is 0 Å². The predicted octanol–water partition coefficient (Wildman–Crippen LogP) is 1.47. The van der Waals surface area contributed by atoms with Crippen molar-refractivity contribution in [2.75, 3.05) is 38.5 Å². The fourth-order valence-corrected chi connectivity index (χ4v) is 2.42. The molecule has 1 atom stereocenters. The van der Waals surface area contributed by atoms with Crippen LogP contribution in [0, 0.1) is 12.8 Å². The van der Waals surface area contributed by atoms with E-state index in [-0.39, 0.29) is 5.91 Å². The number of likely N-dealkylation sites (tertiary alicyclic amines) is 1. The summed E-state index contributed by atoms with van der Waals surface area (Å²) < 4.78 is 0. The first-order valence-corrected chi connectivity index (χ1v) is 6.89. The molecule has 4 heteroatoms. The number of carbonyl (C=O) groups is 1. The zero-order valence-corrected chi connectivity index (χ0v) is 11.8. The van der Waals surface area contributed by atoms with Gasteiger partial charge in [-0.25, -0.2) is 0 Å². The van der Waals surface area contributed by atoms with Crippen molar-refractivity contribution in [3.63, 3.8) is 0 Å². The van der Waals surface area contributed by atoms with Crippen LogP contribution in [0.2, 0.25) is 0 Å². The Kier molecular flexibility index (Phi) is 4.93. The molecule has 0 aliphatic carbocycles. The van der Waals surface area contributed by atoms with E-state index in [0.29, 0.717) is 12.5 Å².